The summed E-state index contributed by atoms with van der Waals surface area (Å²) in [7, 11) is 1.76. The summed E-state index contributed by atoms with van der Waals surface area (Å²) in [4.78, 5) is 17.4. The molecule has 1 N–H and O–H groups in total. The van der Waals surface area contributed by atoms with Crippen molar-refractivity contribution in [2.24, 2.45) is 5.92 Å². The van der Waals surface area contributed by atoms with E-state index in [0.29, 0.717) is 18.3 Å². The van der Waals surface area contributed by atoms with Gasteiger partial charge in [0.1, 0.15) is 0 Å². The number of amides is 1. The molecule has 1 amide bonds. The summed E-state index contributed by atoms with van der Waals surface area (Å²) >= 11 is 0. The van der Waals surface area contributed by atoms with Gasteiger partial charge in [0.2, 0.25) is 11.8 Å². The molecule has 0 atom stereocenters. The van der Waals surface area contributed by atoms with Gasteiger partial charge < -0.3 is 14.7 Å². The quantitative estimate of drug-likeness (QED) is 0.732. The van der Waals surface area contributed by atoms with Crippen LogP contribution in [0.15, 0.2) is 4.52 Å². The second kappa shape index (κ2) is 3.98. The van der Waals surface area contributed by atoms with Crippen LogP contribution in [-0.4, -0.2) is 41.1 Å². The predicted molar refractivity (Wildman–Crippen MR) is 51.9 cm³/mol. The van der Waals surface area contributed by atoms with Gasteiger partial charge in [-0.25, -0.2) is 0 Å². The van der Waals surface area contributed by atoms with E-state index in [2.05, 4.69) is 15.5 Å². The van der Waals surface area contributed by atoms with E-state index in [4.69, 9.17) is 4.52 Å². The lowest BCUT2D eigenvalue weighted by Crippen LogP contribution is -2.51. The third kappa shape index (κ3) is 2.15. The van der Waals surface area contributed by atoms with Crippen LogP contribution in [0.3, 0.4) is 0 Å². The van der Waals surface area contributed by atoms with Gasteiger partial charge in [0.05, 0.1) is 12.5 Å². The Morgan fingerprint density at radius 2 is 2.40 bits per heavy atom. The topological polar surface area (TPSA) is 71.3 Å². The van der Waals surface area contributed by atoms with Crippen LogP contribution in [-0.2, 0) is 11.3 Å². The predicted octanol–water partition coefficient (Wildman–Crippen LogP) is -0.444. The molecule has 15 heavy (non-hydrogen) atoms. The first-order valence-corrected chi connectivity index (χ1v) is 4.91. The zero-order valence-electron chi connectivity index (χ0n) is 8.86. The van der Waals surface area contributed by atoms with Crippen molar-refractivity contribution in [2.45, 2.75) is 13.5 Å². The summed E-state index contributed by atoms with van der Waals surface area (Å²) in [6.45, 7) is 3.68. The zero-order chi connectivity index (χ0) is 10.8. The van der Waals surface area contributed by atoms with Crippen LogP contribution in [0.25, 0.3) is 0 Å². The molecule has 0 unspecified atom stereocenters. The molecule has 2 heterocycles. The third-order valence-corrected chi connectivity index (χ3v) is 2.46. The molecule has 6 nitrogen and oxygen atoms in total. The molecular weight excluding hydrogens is 196 g/mol. The number of carbonyl (C=O) groups is 1. The van der Waals surface area contributed by atoms with Crippen LogP contribution in [0.1, 0.15) is 11.7 Å². The zero-order valence-corrected chi connectivity index (χ0v) is 8.86. The Morgan fingerprint density at radius 1 is 1.67 bits per heavy atom. The first-order chi connectivity index (χ1) is 7.16. The van der Waals surface area contributed by atoms with Gasteiger partial charge in [0, 0.05) is 27.1 Å². The Kier molecular flexibility index (Phi) is 2.68. The lowest BCUT2D eigenvalue weighted by atomic mass is 10.0. The van der Waals surface area contributed by atoms with Crippen molar-refractivity contribution in [1.29, 1.82) is 0 Å². The maximum absolute atomic E-state index is 11.7. The fraction of sp³-hybridized carbons (Fsp3) is 0.667. The Morgan fingerprint density at radius 3 is 2.87 bits per heavy atom. The first-order valence-electron chi connectivity index (χ1n) is 4.91. The van der Waals surface area contributed by atoms with Gasteiger partial charge in [-0.15, -0.1) is 0 Å². The van der Waals surface area contributed by atoms with E-state index in [9.17, 15) is 4.79 Å². The van der Waals surface area contributed by atoms with E-state index in [1.54, 1.807) is 18.9 Å². The molecule has 0 radical (unpaired) electrons. The normalized spacial score (nSPS) is 16.1. The summed E-state index contributed by atoms with van der Waals surface area (Å²) < 4.78 is 4.83. The largest absolute Gasteiger partial charge is 0.340 e. The molecule has 0 bridgehead atoms. The Bertz CT molecular complexity index is 359. The number of rotatable bonds is 3. The van der Waals surface area contributed by atoms with Crippen LogP contribution in [0.2, 0.25) is 0 Å². The maximum Gasteiger partial charge on any atom is 0.228 e. The van der Waals surface area contributed by atoms with E-state index in [0.717, 1.165) is 13.1 Å². The van der Waals surface area contributed by atoms with Gasteiger partial charge in [0.25, 0.3) is 0 Å². The standard InChI is InChI=1S/C9H14N4O2/c1-6-11-8(12-15-6)5-13(2)9(14)7-3-10-4-7/h7,10H,3-5H2,1-2H3. The lowest BCUT2D eigenvalue weighted by Gasteiger charge is -2.29. The minimum atomic E-state index is 0.114. The fourth-order valence-corrected chi connectivity index (χ4v) is 1.47. The van der Waals surface area contributed by atoms with Gasteiger partial charge in [-0.2, -0.15) is 4.98 Å². The van der Waals surface area contributed by atoms with Crippen molar-refractivity contribution < 1.29 is 9.32 Å². The number of nitrogens with one attached hydrogen (secondary N) is 1. The van der Waals surface area contributed by atoms with E-state index in [-0.39, 0.29) is 11.8 Å². The molecule has 0 aliphatic carbocycles. The fourth-order valence-electron chi connectivity index (χ4n) is 1.47. The highest BCUT2D eigenvalue weighted by molar-refractivity contribution is 5.79. The summed E-state index contributed by atoms with van der Waals surface area (Å²) in [6.07, 6.45) is 0. The molecule has 0 saturated carbocycles. The molecule has 1 aliphatic rings. The molecule has 1 aromatic heterocycles. The number of hydrogen-bond acceptors (Lipinski definition) is 5. The number of hydrogen-bond donors (Lipinski definition) is 1. The van der Waals surface area contributed by atoms with Gasteiger partial charge >= 0.3 is 0 Å². The van der Waals surface area contributed by atoms with Gasteiger partial charge in [0.15, 0.2) is 5.82 Å². The van der Waals surface area contributed by atoms with E-state index in [1.807, 2.05) is 0 Å². The molecule has 2 rings (SSSR count). The molecule has 1 aliphatic heterocycles. The first kappa shape index (κ1) is 10.1. The second-order valence-corrected chi connectivity index (χ2v) is 3.78. The second-order valence-electron chi connectivity index (χ2n) is 3.78. The average molecular weight is 210 g/mol. The van der Waals surface area contributed by atoms with Crippen LogP contribution < -0.4 is 5.32 Å². The summed E-state index contributed by atoms with van der Waals surface area (Å²) in [5.41, 5.74) is 0. The highest BCUT2D eigenvalue weighted by Gasteiger charge is 2.27. The van der Waals surface area contributed by atoms with Crippen LogP contribution in [0.4, 0.5) is 0 Å². The Labute approximate surface area is 87.6 Å². The van der Waals surface area contributed by atoms with Crippen LogP contribution in [0.5, 0.6) is 0 Å². The molecule has 1 saturated heterocycles. The number of carbonyl (C=O) groups excluding carboxylic acids is 1. The monoisotopic (exact) mass is 210 g/mol. The van der Waals surface area contributed by atoms with Gasteiger partial charge in [-0.1, -0.05) is 5.16 Å². The molecular formula is C9H14N4O2. The molecule has 0 spiro atoms. The summed E-state index contributed by atoms with van der Waals surface area (Å²) in [6, 6.07) is 0. The van der Waals surface area contributed by atoms with Crippen LogP contribution >= 0.6 is 0 Å². The maximum atomic E-state index is 11.7. The minimum Gasteiger partial charge on any atom is -0.340 e. The summed E-state index contributed by atoms with van der Waals surface area (Å²) in [5, 5.41) is 6.81. The average Bonchev–Trinajstić information content (AvgIpc) is 2.48. The molecule has 6 heteroatoms. The highest BCUT2D eigenvalue weighted by atomic mass is 16.5. The van der Waals surface area contributed by atoms with Crippen LogP contribution in [0, 0.1) is 12.8 Å². The Balaban J connectivity index is 1.91. The van der Waals surface area contributed by atoms with E-state index >= 15 is 0 Å². The molecule has 82 valence electrons. The van der Waals surface area contributed by atoms with E-state index < -0.39 is 0 Å². The smallest absolute Gasteiger partial charge is 0.228 e. The van der Waals surface area contributed by atoms with Crippen molar-refractivity contribution >= 4 is 5.91 Å². The summed E-state index contributed by atoms with van der Waals surface area (Å²) in [5.74, 6) is 1.32. The number of aromatic nitrogens is 2. The number of aryl methyl sites for hydroxylation is 1. The van der Waals surface area contributed by atoms with Crippen molar-refractivity contribution in [1.82, 2.24) is 20.4 Å². The van der Waals surface area contributed by atoms with Crippen molar-refractivity contribution in [3.8, 4) is 0 Å². The van der Waals surface area contributed by atoms with Crippen molar-refractivity contribution in [3.63, 3.8) is 0 Å². The van der Waals surface area contributed by atoms with Gasteiger partial charge in [-0.3, -0.25) is 4.79 Å². The Hall–Kier alpha value is -1.43. The SMILES string of the molecule is Cc1nc(CN(C)C(=O)C2CNC2)no1. The van der Waals surface area contributed by atoms with E-state index in [1.165, 1.54) is 0 Å². The number of nitrogens with zero attached hydrogens (tertiary/aromatic N) is 3. The van der Waals surface area contributed by atoms with Gasteiger partial charge in [-0.05, 0) is 0 Å². The lowest BCUT2D eigenvalue weighted by molar-refractivity contribution is -0.136. The molecule has 0 aromatic carbocycles. The third-order valence-electron chi connectivity index (χ3n) is 2.46. The highest BCUT2D eigenvalue weighted by Crippen LogP contribution is 2.09. The molecule has 1 fully saturated rings. The van der Waals surface area contributed by atoms with Crippen molar-refractivity contribution in [2.75, 3.05) is 20.1 Å². The van der Waals surface area contributed by atoms with Crippen molar-refractivity contribution in [3.05, 3.63) is 11.7 Å². The molecule has 1 aromatic rings. The minimum absolute atomic E-state index is 0.114.